The summed E-state index contributed by atoms with van der Waals surface area (Å²) in [5, 5.41) is 1.05. The fourth-order valence-corrected chi connectivity index (χ4v) is 2.49. The first-order valence-corrected chi connectivity index (χ1v) is 6.82. The second kappa shape index (κ2) is 5.53. The third-order valence-corrected chi connectivity index (χ3v) is 3.80. The molecule has 3 rings (SSSR count). The molecule has 0 bridgehead atoms. The van der Waals surface area contributed by atoms with E-state index in [4.69, 9.17) is 4.74 Å². The molecule has 1 aromatic heterocycles. The second-order valence-electron chi connectivity index (χ2n) is 5.30. The highest BCUT2D eigenvalue weighted by atomic mass is 16.5. The molecule has 4 nitrogen and oxygen atoms in total. The molecular formula is C15H19N3O. The van der Waals surface area contributed by atoms with Gasteiger partial charge in [-0.05, 0) is 51.0 Å². The summed E-state index contributed by atoms with van der Waals surface area (Å²) < 4.78 is 5.91. The van der Waals surface area contributed by atoms with Gasteiger partial charge < -0.3 is 9.64 Å². The molecule has 4 heteroatoms. The molecule has 0 amide bonds. The van der Waals surface area contributed by atoms with Crippen molar-refractivity contribution in [3.05, 3.63) is 30.7 Å². The Hall–Kier alpha value is -1.68. The molecule has 0 aliphatic carbocycles. The molecule has 0 saturated carbocycles. The van der Waals surface area contributed by atoms with E-state index in [1.807, 2.05) is 24.4 Å². The number of hydrogen-bond acceptors (Lipinski definition) is 4. The van der Waals surface area contributed by atoms with E-state index in [0.717, 1.165) is 23.3 Å². The standard InChI is InChI=1S/C15H19N3O/c1-18-6-4-12(5-7-18)10-19-14-3-2-13-9-16-11-17-15(13)8-14/h2-3,8-9,11-12H,4-7,10H2,1H3. The average Bonchev–Trinajstić information content (AvgIpc) is 2.46. The number of fused-ring (bicyclic) bond motifs is 1. The first-order chi connectivity index (χ1) is 9.31. The summed E-state index contributed by atoms with van der Waals surface area (Å²) in [6.45, 7) is 3.17. The van der Waals surface area contributed by atoms with Crippen LogP contribution >= 0.6 is 0 Å². The maximum Gasteiger partial charge on any atom is 0.121 e. The van der Waals surface area contributed by atoms with Crippen LogP contribution in [0.4, 0.5) is 0 Å². The van der Waals surface area contributed by atoms with Crippen LogP contribution in [0.25, 0.3) is 10.9 Å². The molecule has 0 unspecified atom stereocenters. The van der Waals surface area contributed by atoms with E-state index in [1.54, 1.807) is 6.33 Å². The molecule has 0 radical (unpaired) electrons. The Balaban J connectivity index is 1.62. The lowest BCUT2D eigenvalue weighted by Crippen LogP contribution is -2.32. The lowest BCUT2D eigenvalue weighted by molar-refractivity contribution is 0.160. The molecule has 1 saturated heterocycles. The number of piperidine rings is 1. The summed E-state index contributed by atoms with van der Waals surface area (Å²) in [6, 6.07) is 6.01. The largest absolute Gasteiger partial charge is 0.493 e. The van der Waals surface area contributed by atoms with Crippen LogP contribution in [0.1, 0.15) is 12.8 Å². The zero-order valence-electron chi connectivity index (χ0n) is 11.2. The number of ether oxygens (including phenoxy) is 1. The Morgan fingerprint density at radius 3 is 3.00 bits per heavy atom. The van der Waals surface area contributed by atoms with Crippen molar-refractivity contribution < 1.29 is 4.74 Å². The highest BCUT2D eigenvalue weighted by Crippen LogP contribution is 2.21. The summed E-state index contributed by atoms with van der Waals surface area (Å²) in [6.07, 6.45) is 5.85. The fourth-order valence-electron chi connectivity index (χ4n) is 2.49. The third kappa shape index (κ3) is 3.01. The number of likely N-dealkylation sites (tertiary alicyclic amines) is 1. The van der Waals surface area contributed by atoms with E-state index in [0.29, 0.717) is 5.92 Å². The van der Waals surface area contributed by atoms with Crippen molar-refractivity contribution in [2.24, 2.45) is 5.92 Å². The van der Waals surface area contributed by atoms with Crippen LogP contribution < -0.4 is 4.74 Å². The Bertz CT molecular complexity index is 550. The number of aromatic nitrogens is 2. The Labute approximate surface area is 113 Å². The fraction of sp³-hybridized carbons (Fsp3) is 0.467. The number of rotatable bonds is 3. The lowest BCUT2D eigenvalue weighted by atomic mass is 9.98. The van der Waals surface area contributed by atoms with E-state index in [1.165, 1.54) is 25.9 Å². The van der Waals surface area contributed by atoms with Gasteiger partial charge in [-0.15, -0.1) is 0 Å². The molecule has 100 valence electrons. The van der Waals surface area contributed by atoms with Gasteiger partial charge in [0.1, 0.15) is 12.1 Å². The van der Waals surface area contributed by atoms with E-state index in [-0.39, 0.29) is 0 Å². The highest BCUT2D eigenvalue weighted by molar-refractivity contribution is 5.78. The summed E-state index contributed by atoms with van der Waals surface area (Å²) in [5.74, 6) is 1.59. The van der Waals surface area contributed by atoms with E-state index in [9.17, 15) is 0 Å². The maximum atomic E-state index is 5.91. The maximum absolute atomic E-state index is 5.91. The lowest BCUT2D eigenvalue weighted by Gasteiger charge is -2.28. The van der Waals surface area contributed by atoms with Crippen LogP contribution in [-0.2, 0) is 0 Å². The predicted molar refractivity (Wildman–Crippen MR) is 75.3 cm³/mol. The molecule has 0 N–H and O–H groups in total. The summed E-state index contributed by atoms with van der Waals surface area (Å²) in [7, 11) is 2.18. The molecule has 1 aromatic carbocycles. The first-order valence-electron chi connectivity index (χ1n) is 6.82. The predicted octanol–water partition coefficient (Wildman–Crippen LogP) is 2.35. The van der Waals surface area contributed by atoms with Gasteiger partial charge >= 0.3 is 0 Å². The van der Waals surface area contributed by atoms with Crippen molar-refractivity contribution in [3.8, 4) is 5.75 Å². The first kappa shape index (κ1) is 12.4. The van der Waals surface area contributed by atoms with Gasteiger partial charge in [-0.25, -0.2) is 9.97 Å². The van der Waals surface area contributed by atoms with E-state index >= 15 is 0 Å². The molecule has 1 aliphatic heterocycles. The van der Waals surface area contributed by atoms with Crippen molar-refractivity contribution >= 4 is 10.9 Å². The van der Waals surface area contributed by atoms with Crippen LogP contribution in [0.2, 0.25) is 0 Å². The minimum absolute atomic E-state index is 0.678. The van der Waals surface area contributed by atoms with Crippen LogP contribution in [0, 0.1) is 5.92 Å². The van der Waals surface area contributed by atoms with E-state index < -0.39 is 0 Å². The van der Waals surface area contributed by atoms with Gasteiger partial charge in [-0.2, -0.15) is 0 Å². The van der Waals surface area contributed by atoms with Crippen LogP contribution in [0.3, 0.4) is 0 Å². The molecule has 2 heterocycles. The quantitative estimate of drug-likeness (QED) is 0.846. The topological polar surface area (TPSA) is 38.2 Å². The van der Waals surface area contributed by atoms with Crippen molar-refractivity contribution in [3.63, 3.8) is 0 Å². The zero-order valence-corrected chi connectivity index (χ0v) is 11.2. The Kier molecular flexibility index (Phi) is 3.60. The monoisotopic (exact) mass is 257 g/mol. The highest BCUT2D eigenvalue weighted by Gasteiger charge is 2.17. The van der Waals surface area contributed by atoms with Gasteiger partial charge in [-0.3, -0.25) is 0 Å². The molecule has 19 heavy (non-hydrogen) atoms. The van der Waals surface area contributed by atoms with Gasteiger partial charge in [-0.1, -0.05) is 0 Å². The minimum atomic E-state index is 0.678. The average molecular weight is 257 g/mol. The smallest absolute Gasteiger partial charge is 0.121 e. The normalized spacial score (nSPS) is 17.7. The van der Waals surface area contributed by atoms with Crippen LogP contribution in [0.5, 0.6) is 5.75 Å². The number of hydrogen-bond donors (Lipinski definition) is 0. The summed E-state index contributed by atoms with van der Waals surface area (Å²) >= 11 is 0. The van der Waals surface area contributed by atoms with Crippen molar-refractivity contribution in [1.82, 2.24) is 14.9 Å². The molecule has 0 atom stereocenters. The van der Waals surface area contributed by atoms with Crippen LogP contribution in [-0.4, -0.2) is 41.6 Å². The summed E-state index contributed by atoms with van der Waals surface area (Å²) in [4.78, 5) is 10.6. The molecule has 1 aliphatic rings. The SMILES string of the molecule is CN1CCC(COc2ccc3cncnc3c2)CC1. The number of nitrogens with zero attached hydrogens (tertiary/aromatic N) is 3. The molecular weight excluding hydrogens is 238 g/mol. The molecule has 1 fully saturated rings. The molecule has 0 spiro atoms. The van der Waals surface area contributed by atoms with Gasteiger partial charge in [0, 0.05) is 17.6 Å². The van der Waals surface area contributed by atoms with E-state index in [2.05, 4.69) is 21.9 Å². The van der Waals surface area contributed by atoms with Crippen molar-refractivity contribution in [1.29, 1.82) is 0 Å². The Morgan fingerprint density at radius 1 is 1.32 bits per heavy atom. The molecule has 2 aromatic rings. The minimum Gasteiger partial charge on any atom is -0.493 e. The van der Waals surface area contributed by atoms with Gasteiger partial charge in [0.15, 0.2) is 0 Å². The Morgan fingerprint density at radius 2 is 2.16 bits per heavy atom. The van der Waals surface area contributed by atoms with Gasteiger partial charge in [0.2, 0.25) is 0 Å². The van der Waals surface area contributed by atoms with Crippen LogP contribution in [0.15, 0.2) is 30.7 Å². The second-order valence-corrected chi connectivity index (χ2v) is 5.30. The third-order valence-electron chi connectivity index (χ3n) is 3.80. The summed E-state index contributed by atoms with van der Waals surface area (Å²) in [5.41, 5.74) is 0.941. The van der Waals surface area contributed by atoms with Gasteiger partial charge in [0.05, 0.1) is 12.1 Å². The van der Waals surface area contributed by atoms with Gasteiger partial charge in [0.25, 0.3) is 0 Å². The number of benzene rings is 1. The zero-order chi connectivity index (χ0) is 13.1. The van der Waals surface area contributed by atoms with Crippen molar-refractivity contribution in [2.75, 3.05) is 26.7 Å². The van der Waals surface area contributed by atoms with Crippen molar-refractivity contribution in [2.45, 2.75) is 12.8 Å².